The first-order chi connectivity index (χ1) is 14.0. The molecule has 2 aromatic carbocycles. The number of anilines is 1. The van der Waals surface area contributed by atoms with Gasteiger partial charge in [-0.15, -0.1) is 0 Å². The summed E-state index contributed by atoms with van der Waals surface area (Å²) >= 11 is 1.35. The van der Waals surface area contributed by atoms with Crippen molar-refractivity contribution in [3.05, 3.63) is 54.1 Å². The lowest BCUT2D eigenvalue weighted by Crippen LogP contribution is -2.14. The van der Waals surface area contributed by atoms with Gasteiger partial charge in [0.25, 0.3) is 0 Å². The van der Waals surface area contributed by atoms with E-state index in [1.54, 1.807) is 26.0 Å². The van der Waals surface area contributed by atoms with Crippen molar-refractivity contribution in [2.75, 3.05) is 24.3 Å². The summed E-state index contributed by atoms with van der Waals surface area (Å²) in [6.45, 7) is 4.23. The zero-order valence-electron chi connectivity index (χ0n) is 16.4. The second-order valence-corrected chi connectivity index (χ2v) is 9.22. The standard InChI is InChI=1S/C20H24N3O4PS/c1-3-26-28(25,27-4-2)13-15-9-11-16(12-10-15)21-19(24)14-29-20-22-17-7-5-6-8-18(17)23-20/h5-12H,3-4,13-14H2,1-2H3,(H,21,24)(H,22,23). The van der Waals surface area contributed by atoms with Gasteiger partial charge in [-0.25, -0.2) is 4.98 Å². The predicted octanol–water partition coefficient (Wildman–Crippen LogP) is 5.06. The highest BCUT2D eigenvalue weighted by molar-refractivity contribution is 7.99. The number of nitrogens with one attached hydrogen (secondary N) is 2. The number of nitrogens with zero attached hydrogens (tertiary/aromatic N) is 1. The fourth-order valence-corrected chi connectivity index (χ4v) is 5.15. The number of carbonyl (C=O) groups is 1. The average molecular weight is 433 g/mol. The number of rotatable bonds is 10. The Morgan fingerprint density at radius 3 is 2.45 bits per heavy atom. The van der Waals surface area contributed by atoms with E-state index in [9.17, 15) is 9.36 Å². The number of carbonyl (C=O) groups excluding carboxylic acids is 1. The highest BCUT2D eigenvalue weighted by Gasteiger charge is 2.23. The van der Waals surface area contributed by atoms with Gasteiger partial charge in [0, 0.05) is 5.69 Å². The largest absolute Gasteiger partial charge is 0.335 e. The second-order valence-electron chi connectivity index (χ2n) is 6.20. The molecule has 0 saturated heterocycles. The summed E-state index contributed by atoms with van der Waals surface area (Å²) in [6, 6.07) is 14.9. The Bertz CT molecular complexity index is 963. The molecule has 29 heavy (non-hydrogen) atoms. The summed E-state index contributed by atoms with van der Waals surface area (Å²) in [5.74, 6) is 0.114. The van der Waals surface area contributed by atoms with Crippen molar-refractivity contribution in [3.63, 3.8) is 0 Å². The van der Waals surface area contributed by atoms with Gasteiger partial charge >= 0.3 is 7.60 Å². The lowest BCUT2D eigenvalue weighted by Gasteiger charge is -2.17. The van der Waals surface area contributed by atoms with Crippen LogP contribution in [0.1, 0.15) is 19.4 Å². The fraction of sp³-hybridized carbons (Fsp3) is 0.300. The molecule has 1 heterocycles. The first kappa shape index (κ1) is 21.6. The molecule has 0 aliphatic heterocycles. The topological polar surface area (TPSA) is 93.3 Å². The Balaban J connectivity index is 1.53. The van der Waals surface area contributed by atoms with Crippen LogP contribution in [0.5, 0.6) is 0 Å². The van der Waals surface area contributed by atoms with Crippen molar-refractivity contribution in [1.29, 1.82) is 0 Å². The van der Waals surface area contributed by atoms with Crippen LogP contribution in [0.4, 0.5) is 5.69 Å². The predicted molar refractivity (Wildman–Crippen MR) is 116 cm³/mol. The van der Waals surface area contributed by atoms with Gasteiger partial charge < -0.3 is 19.3 Å². The number of hydrogen-bond donors (Lipinski definition) is 2. The van der Waals surface area contributed by atoms with Gasteiger partial charge in [-0.05, 0) is 43.7 Å². The van der Waals surface area contributed by atoms with Crippen LogP contribution < -0.4 is 5.32 Å². The SMILES string of the molecule is CCOP(=O)(Cc1ccc(NC(=O)CSc2nc3ccccc3[nH]2)cc1)OCC. The fourth-order valence-electron chi connectivity index (χ4n) is 2.77. The molecule has 3 rings (SSSR count). The molecular formula is C20H24N3O4PS. The van der Waals surface area contributed by atoms with Gasteiger partial charge in [0.05, 0.1) is 36.2 Å². The molecule has 0 aliphatic rings. The number of fused-ring (bicyclic) bond motifs is 1. The Morgan fingerprint density at radius 1 is 1.10 bits per heavy atom. The minimum absolute atomic E-state index is 0.127. The van der Waals surface area contributed by atoms with Crippen LogP contribution in [0, 0.1) is 0 Å². The second kappa shape index (κ2) is 10.1. The Kier molecular flexibility index (Phi) is 7.50. The zero-order chi connectivity index (χ0) is 20.7. The normalized spacial score (nSPS) is 11.7. The number of thioether (sulfide) groups is 1. The smallest absolute Gasteiger partial charge is 0.333 e. The van der Waals surface area contributed by atoms with Crippen molar-refractivity contribution in [2.24, 2.45) is 0 Å². The van der Waals surface area contributed by atoms with Crippen LogP contribution in [0.25, 0.3) is 11.0 Å². The molecule has 1 aromatic heterocycles. The Morgan fingerprint density at radius 2 is 1.79 bits per heavy atom. The van der Waals surface area contributed by atoms with Crippen molar-refractivity contribution in [2.45, 2.75) is 25.2 Å². The lowest BCUT2D eigenvalue weighted by atomic mass is 10.2. The van der Waals surface area contributed by atoms with Crippen LogP contribution in [0.2, 0.25) is 0 Å². The molecule has 0 fully saturated rings. The summed E-state index contributed by atoms with van der Waals surface area (Å²) in [5, 5.41) is 3.56. The average Bonchev–Trinajstić information content (AvgIpc) is 3.11. The number of aromatic amines is 1. The summed E-state index contributed by atoms with van der Waals surface area (Å²) in [7, 11) is -3.14. The maximum Gasteiger partial charge on any atom is 0.335 e. The number of aromatic nitrogens is 2. The molecule has 2 N–H and O–H groups in total. The van der Waals surface area contributed by atoms with Gasteiger partial charge in [0.15, 0.2) is 5.16 Å². The number of H-pyrrole nitrogens is 1. The Hall–Kier alpha value is -2.12. The maximum absolute atomic E-state index is 12.6. The number of benzene rings is 2. The molecule has 0 aliphatic carbocycles. The Labute approximate surface area is 174 Å². The molecule has 3 aromatic rings. The van der Waals surface area contributed by atoms with E-state index >= 15 is 0 Å². The number of imidazole rings is 1. The van der Waals surface area contributed by atoms with Crippen molar-refractivity contribution in [1.82, 2.24) is 9.97 Å². The number of hydrogen-bond acceptors (Lipinski definition) is 6. The summed E-state index contributed by atoms with van der Waals surface area (Å²) in [4.78, 5) is 19.9. The number of amides is 1. The summed E-state index contributed by atoms with van der Waals surface area (Å²) < 4.78 is 23.2. The zero-order valence-corrected chi connectivity index (χ0v) is 18.1. The van der Waals surface area contributed by atoms with Gasteiger partial charge in [-0.3, -0.25) is 9.36 Å². The van der Waals surface area contributed by atoms with Gasteiger partial charge in [-0.2, -0.15) is 0 Å². The van der Waals surface area contributed by atoms with E-state index in [4.69, 9.17) is 9.05 Å². The van der Waals surface area contributed by atoms with Crippen LogP contribution in [0.3, 0.4) is 0 Å². The van der Waals surface area contributed by atoms with Crippen LogP contribution in [0.15, 0.2) is 53.7 Å². The van der Waals surface area contributed by atoms with E-state index in [2.05, 4.69) is 15.3 Å². The summed E-state index contributed by atoms with van der Waals surface area (Å²) in [6.07, 6.45) is 0.199. The molecule has 7 nitrogen and oxygen atoms in total. The number of para-hydroxylation sites is 2. The van der Waals surface area contributed by atoms with E-state index < -0.39 is 7.60 Å². The third kappa shape index (κ3) is 6.18. The summed E-state index contributed by atoms with van der Waals surface area (Å²) in [5.41, 5.74) is 3.32. The first-order valence-electron chi connectivity index (χ1n) is 9.36. The minimum Gasteiger partial charge on any atom is -0.333 e. The molecule has 0 radical (unpaired) electrons. The minimum atomic E-state index is -3.14. The molecule has 1 amide bonds. The van der Waals surface area contributed by atoms with E-state index in [1.807, 2.05) is 36.4 Å². The van der Waals surface area contributed by atoms with E-state index in [0.717, 1.165) is 16.6 Å². The molecule has 154 valence electrons. The van der Waals surface area contributed by atoms with Gasteiger partial charge in [0.1, 0.15) is 0 Å². The van der Waals surface area contributed by atoms with E-state index in [1.165, 1.54) is 11.8 Å². The van der Waals surface area contributed by atoms with E-state index in [0.29, 0.717) is 24.1 Å². The monoisotopic (exact) mass is 433 g/mol. The molecule has 0 saturated carbocycles. The van der Waals surface area contributed by atoms with Crippen molar-refractivity contribution < 1.29 is 18.4 Å². The van der Waals surface area contributed by atoms with E-state index in [-0.39, 0.29) is 17.8 Å². The molecule has 0 unspecified atom stereocenters. The van der Waals surface area contributed by atoms with Gasteiger partial charge in [0.2, 0.25) is 5.91 Å². The highest BCUT2D eigenvalue weighted by atomic mass is 32.2. The van der Waals surface area contributed by atoms with Crippen molar-refractivity contribution in [3.8, 4) is 0 Å². The highest BCUT2D eigenvalue weighted by Crippen LogP contribution is 2.51. The van der Waals surface area contributed by atoms with Crippen molar-refractivity contribution >= 4 is 42.0 Å². The molecular weight excluding hydrogens is 409 g/mol. The third-order valence-electron chi connectivity index (χ3n) is 3.97. The first-order valence-corrected chi connectivity index (χ1v) is 12.1. The van der Waals surface area contributed by atoms with Crippen LogP contribution in [-0.4, -0.2) is 34.8 Å². The van der Waals surface area contributed by atoms with Gasteiger partial charge in [-0.1, -0.05) is 36.0 Å². The van der Waals surface area contributed by atoms with Crippen LogP contribution in [-0.2, 0) is 24.6 Å². The lowest BCUT2D eigenvalue weighted by molar-refractivity contribution is -0.113. The molecule has 0 atom stereocenters. The van der Waals surface area contributed by atoms with Crippen LogP contribution >= 0.6 is 19.4 Å². The maximum atomic E-state index is 12.6. The molecule has 0 bridgehead atoms. The molecule has 0 spiro atoms. The third-order valence-corrected chi connectivity index (χ3v) is 6.90. The molecule has 9 heteroatoms. The quantitative estimate of drug-likeness (QED) is 0.343.